The third-order valence-corrected chi connectivity index (χ3v) is 5.79. The number of aromatic nitrogens is 4. The highest BCUT2D eigenvalue weighted by atomic mass is 32.2. The van der Waals surface area contributed by atoms with Gasteiger partial charge in [0.2, 0.25) is 0 Å². The fraction of sp³-hybridized carbons (Fsp3) is 0.529. The molecule has 1 fully saturated rings. The Bertz CT molecular complexity index is 772. The summed E-state index contributed by atoms with van der Waals surface area (Å²) in [6, 6.07) is 1.78. The highest BCUT2D eigenvalue weighted by Gasteiger charge is 2.19. The molecule has 0 N–H and O–H groups in total. The normalized spacial score (nSPS) is 18.2. The first-order valence-electron chi connectivity index (χ1n) is 8.70. The molecule has 0 saturated carbocycles. The maximum Gasteiger partial charge on any atom is 0.267 e. The Hall–Kier alpha value is -1.93. The first kappa shape index (κ1) is 16.5. The van der Waals surface area contributed by atoms with E-state index in [1.165, 1.54) is 0 Å². The van der Waals surface area contributed by atoms with Crippen molar-refractivity contribution >= 4 is 17.6 Å². The van der Waals surface area contributed by atoms with Crippen molar-refractivity contribution in [1.29, 1.82) is 0 Å². The SMILES string of the molecule is O=c1cc2c(nn1CCN1CCN(c3cnccn3)CC1)CCSC2. The van der Waals surface area contributed by atoms with Gasteiger partial charge in [0.25, 0.3) is 5.56 Å². The molecule has 2 aliphatic rings. The highest BCUT2D eigenvalue weighted by molar-refractivity contribution is 7.98. The molecule has 0 aromatic carbocycles. The molecular weight excluding hydrogens is 336 g/mol. The van der Waals surface area contributed by atoms with Crippen molar-refractivity contribution in [3.63, 3.8) is 0 Å². The monoisotopic (exact) mass is 358 g/mol. The van der Waals surface area contributed by atoms with Crippen molar-refractivity contribution in [3.8, 4) is 0 Å². The topological polar surface area (TPSA) is 67.2 Å². The average molecular weight is 358 g/mol. The summed E-state index contributed by atoms with van der Waals surface area (Å²) in [6.45, 7) is 5.31. The van der Waals surface area contributed by atoms with Crippen LogP contribution < -0.4 is 10.5 Å². The average Bonchev–Trinajstić information content (AvgIpc) is 2.67. The standard InChI is InChI=1S/C17H22N6OS/c24-17-11-14-13-25-10-1-15(14)20-23(17)9-6-21-4-7-22(8-5-21)16-12-18-2-3-19-16/h2-3,11-12H,1,4-10,13H2. The molecule has 0 radical (unpaired) electrons. The number of aryl methyl sites for hydroxylation is 1. The molecule has 0 spiro atoms. The molecule has 2 aromatic rings. The summed E-state index contributed by atoms with van der Waals surface area (Å²) in [7, 11) is 0. The molecule has 0 atom stereocenters. The zero-order chi connectivity index (χ0) is 17.1. The first-order chi connectivity index (χ1) is 12.3. The molecule has 0 unspecified atom stereocenters. The van der Waals surface area contributed by atoms with Gasteiger partial charge in [0.15, 0.2) is 0 Å². The van der Waals surface area contributed by atoms with Crippen molar-refractivity contribution in [2.45, 2.75) is 18.7 Å². The van der Waals surface area contributed by atoms with E-state index in [0.717, 1.165) is 67.7 Å². The summed E-state index contributed by atoms with van der Waals surface area (Å²) in [5.74, 6) is 2.96. The second-order valence-electron chi connectivity index (χ2n) is 6.37. The summed E-state index contributed by atoms with van der Waals surface area (Å²) in [5.41, 5.74) is 2.25. The van der Waals surface area contributed by atoms with E-state index in [4.69, 9.17) is 0 Å². The fourth-order valence-corrected chi connectivity index (χ4v) is 4.26. The molecule has 4 rings (SSSR count). The van der Waals surface area contributed by atoms with Crippen LogP contribution in [0.1, 0.15) is 11.3 Å². The van der Waals surface area contributed by atoms with Crippen molar-refractivity contribution < 1.29 is 0 Å². The third-order valence-electron chi connectivity index (χ3n) is 4.78. The predicted octanol–water partition coefficient (Wildman–Crippen LogP) is 0.645. The van der Waals surface area contributed by atoms with Gasteiger partial charge in [0.1, 0.15) is 5.82 Å². The molecule has 0 aliphatic carbocycles. The Balaban J connectivity index is 1.33. The molecule has 2 aromatic heterocycles. The summed E-state index contributed by atoms with van der Waals surface area (Å²) in [5, 5.41) is 4.60. The summed E-state index contributed by atoms with van der Waals surface area (Å²) < 4.78 is 1.64. The molecule has 25 heavy (non-hydrogen) atoms. The van der Waals surface area contributed by atoms with Crippen LogP contribution in [0.2, 0.25) is 0 Å². The molecule has 8 heteroatoms. The molecular formula is C17H22N6OS. The van der Waals surface area contributed by atoms with Crippen molar-refractivity contribution in [3.05, 3.63) is 46.3 Å². The van der Waals surface area contributed by atoms with Gasteiger partial charge in [-0.05, 0) is 11.3 Å². The number of thioether (sulfide) groups is 1. The van der Waals surface area contributed by atoms with E-state index in [2.05, 4.69) is 24.9 Å². The molecule has 7 nitrogen and oxygen atoms in total. The van der Waals surface area contributed by atoms with Crippen molar-refractivity contribution in [2.24, 2.45) is 0 Å². The fourth-order valence-electron chi connectivity index (χ4n) is 3.30. The predicted molar refractivity (Wildman–Crippen MR) is 99.0 cm³/mol. The van der Waals surface area contributed by atoms with Crippen molar-refractivity contribution in [1.82, 2.24) is 24.6 Å². The lowest BCUT2D eigenvalue weighted by Gasteiger charge is -2.35. The zero-order valence-electron chi connectivity index (χ0n) is 14.2. The molecule has 132 valence electrons. The Kier molecular flexibility index (Phi) is 4.98. The van der Waals surface area contributed by atoms with Crippen LogP contribution in [0.15, 0.2) is 29.5 Å². The van der Waals surface area contributed by atoms with Crippen LogP contribution >= 0.6 is 11.8 Å². The highest BCUT2D eigenvalue weighted by Crippen LogP contribution is 2.21. The Morgan fingerprint density at radius 1 is 1.12 bits per heavy atom. The Morgan fingerprint density at radius 3 is 2.80 bits per heavy atom. The van der Waals surface area contributed by atoms with Gasteiger partial charge in [-0.1, -0.05) is 0 Å². The number of hydrogen-bond acceptors (Lipinski definition) is 7. The quantitative estimate of drug-likeness (QED) is 0.795. The van der Waals surface area contributed by atoms with E-state index in [9.17, 15) is 4.79 Å². The number of anilines is 1. The lowest BCUT2D eigenvalue weighted by molar-refractivity contribution is 0.242. The molecule has 4 heterocycles. The number of rotatable bonds is 4. The zero-order valence-corrected chi connectivity index (χ0v) is 15.0. The lowest BCUT2D eigenvalue weighted by Crippen LogP contribution is -2.48. The number of piperazine rings is 1. The van der Waals surface area contributed by atoms with Gasteiger partial charge < -0.3 is 4.90 Å². The second kappa shape index (κ2) is 7.53. The van der Waals surface area contributed by atoms with E-state index in [0.29, 0.717) is 6.54 Å². The minimum Gasteiger partial charge on any atom is -0.353 e. The summed E-state index contributed by atoms with van der Waals surface area (Å²) in [4.78, 5) is 25.4. The Labute approximate surface area is 151 Å². The smallest absolute Gasteiger partial charge is 0.267 e. The molecule has 0 bridgehead atoms. The van der Waals surface area contributed by atoms with E-state index in [1.54, 1.807) is 23.1 Å². The minimum atomic E-state index is 0.0273. The van der Waals surface area contributed by atoms with Crippen LogP contribution in [-0.4, -0.2) is 63.1 Å². The molecule has 0 amide bonds. The third kappa shape index (κ3) is 3.85. The first-order valence-corrected chi connectivity index (χ1v) is 9.86. The molecule has 2 aliphatic heterocycles. The number of nitrogens with zero attached hydrogens (tertiary/aromatic N) is 6. The summed E-state index contributed by atoms with van der Waals surface area (Å²) >= 11 is 1.88. The van der Waals surface area contributed by atoms with Gasteiger partial charge in [-0.25, -0.2) is 9.67 Å². The Morgan fingerprint density at radius 2 is 2.00 bits per heavy atom. The van der Waals surface area contributed by atoms with Gasteiger partial charge in [0.05, 0.1) is 18.4 Å². The van der Waals surface area contributed by atoms with Gasteiger partial charge in [-0.3, -0.25) is 14.7 Å². The van der Waals surface area contributed by atoms with E-state index in [-0.39, 0.29) is 5.56 Å². The van der Waals surface area contributed by atoms with Gasteiger partial charge in [-0.15, -0.1) is 0 Å². The number of fused-ring (bicyclic) bond motifs is 1. The van der Waals surface area contributed by atoms with Crippen LogP contribution in [0.5, 0.6) is 0 Å². The second-order valence-corrected chi connectivity index (χ2v) is 7.48. The van der Waals surface area contributed by atoms with Crippen molar-refractivity contribution in [2.75, 3.05) is 43.4 Å². The van der Waals surface area contributed by atoms with E-state index < -0.39 is 0 Å². The number of hydrogen-bond donors (Lipinski definition) is 0. The van der Waals surface area contributed by atoms with Crippen LogP contribution in [0.3, 0.4) is 0 Å². The van der Waals surface area contributed by atoms with Crippen LogP contribution in [0.4, 0.5) is 5.82 Å². The van der Waals surface area contributed by atoms with Gasteiger partial charge in [-0.2, -0.15) is 16.9 Å². The largest absolute Gasteiger partial charge is 0.353 e. The summed E-state index contributed by atoms with van der Waals surface area (Å²) in [6.07, 6.45) is 6.21. The van der Waals surface area contributed by atoms with E-state index in [1.807, 2.05) is 18.0 Å². The minimum absolute atomic E-state index is 0.0273. The van der Waals surface area contributed by atoms with Gasteiger partial charge >= 0.3 is 0 Å². The van der Waals surface area contributed by atoms with E-state index >= 15 is 0 Å². The van der Waals surface area contributed by atoms with Crippen LogP contribution in [0.25, 0.3) is 0 Å². The van der Waals surface area contributed by atoms with Crippen LogP contribution in [0, 0.1) is 0 Å². The maximum atomic E-state index is 12.3. The maximum absolute atomic E-state index is 12.3. The van der Waals surface area contributed by atoms with Crippen LogP contribution in [-0.2, 0) is 18.7 Å². The lowest BCUT2D eigenvalue weighted by atomic mass is 10.2. The molecule has 1 saturated heterocycles. The van der Waals surface area contributed by atoms with Gasteiger partial charge in [0, 0.05) is 63.4 Å².